The highest BCUT2D eigenvalue weighted by molar-refractivity contribution is 5.82. The molecule has 1 aliphatic rings. The molecule has 1 N–H and O–H groups in total. The Balaban J connectivity index is 1.94. The van der Waals surface area contributed by atoms with Crippen molar-refractivity contribution in [3.05, 3.63) is 27.9 Å². The Bertz CT molecular complexity index is 557. The van der Waals surface area contributed by atoms with E-state index in [-0.39, 0.29) is 17.0 Å². The van der Waals surface area contributed by atoms with Crippen molar-refractivity contribution in [2.45, 2.75) is 53.0 Å². The van der Waals surface area contributed by atoms with Gasteiger partial charge in [0.05, 0.1) is 0 Å². The maximum absolute atomic E-state index is 12.2. The Hall–Kier alpha value is -1.65. The quantitative estimate of drug-likeness (QED) is 0.908. The van der Waals surface area contributed by atoms with Crippen molar-refractivity contribution in [1.82, 2.24) is 14.9 Å². The summed E-state index contributed by atoms with van der Waals surface area (Å²) in [6.45, 7) is 6.66. The van der Waals surface area contributed by atoms with Crippen molar-refractivity contribution < 1.29 is 4.79 Å². The summed E-state index contributed by atoms with van der Waals surface area (Å²) in [7, 11) is 0. The lowest BCUT2D eigenvalue weighted by Crippen LogP contribution is -2.40. The highest BCUT2D eigenvalue weighted by Crippen LogP contribution is 2.37. The molecule has 0 atom stereocenters. The fraction of sp³-hybridized carbons (Fsp3) is 0.667. The van der Waals surface area contributed by atoms with Crippen LogP contribution in [0.4, 0.5) is 0 Å². The van der Waals surface area contributed by atoms with Gasteiger partial charge in [-0.25, -0.2) is 4.79 Å². The van der Waals surface area contributed by atoms with E-state index in [0.717, 1.165) is 37.1 Å². The monoisotopic (exact) mass is 277 g/mol. The number of nitrogens with zero attached hydrogens (tertiary/aromatic N) is 2. The molecule has 2 rings (SSSR count). The third kappa shape index (κ3) is 3.08. The fourth-order valence-corrected chi connectivity index (χ4v) is 2.92. The van der Waals surface area contributed by atoms with E-state index in [1.165, 1.54) is 0 Å². The fourth-order valence-electron chi connectivity index (χ4n) is 2.92. The number of amides is 1. The first-order valence-electron chi connectivity index (χ1n) is 7.26. The molecule has 5 heteroatoms. The molecule has 5 nitrogen and oxygen atoms in total. The highest BCUT2D eigenvalue weighted by Gasteiger charge is 2.35. The van der Waals surface area contributed by atoms with Gasteiger partial charge < -0.3 is 5.32 Å². The summed E-state index contributed by atoms with van der Waals surface area (Å²) in [5.41, 5.74) is 1.14. The molecule has 0 saturated heterocycles. The average molecular weight is 277 g/mol. The number of hydrogen-bond donors (Lipinski definition) is 1. The first-order chi connectivity index (χ1) is 9.42. The van der Waals surface area contributed by atoms with Gasteiger partial charge in [-0.2, -0.15) is 4.98 Å². The summed E-state index contributed by atoms with van der Waals surface area (Å²) < 4.78 is 1.60. The number of nitrogens with one attached hydrogen (secondary N) is 1. The van der Waals surface area contributed by atoms with Crippen LogP contribution in [0.5, 0.6) is 0 Å². The van der Waals surface area contributed by atoms with Gasteiger partial charge in [0.1, 0.15) is 0 Å². The Morgan fingerprint density at radius 1 is 1.40 bits per heavy atom. The minimum Gasteiger partial charge on any atom is -0.354 e. The zero-order chi connectivity index (χ0) is 14.8. The highest BCUT2D eigenvalue weighted by atomic mass is 16.2. The summed E-state index contributed by atoms with van der Waals surface area (Å²) in [5, 5.41) is 2.96. The van der Waals surface area contributed by atoms with Gasteiger partial charge in [-0.05, 0) is 32.8 Å². The van der Waals surface area contributed by atoms with Crippen LogP contribution in [0, 0.1) is 19.3 Å². The van der Waals surface area contributed by atoms with Gasteiger partial charge >= 0.3 is 5.69 Å². The predicted octanol–water partition coefficient (Wildman–Crippen LogP) is 1.56. The second-order valence-corrected chi connectivity index (χ2v) is 6.00. The third-order valence-electron chi connectivity index (χ3n) is 4.22. The topological polar surface area (TPSA) is 64.0 Å². The minimum absolute atomic E-state index is 0.112. The molecule has 110 valence electrons. The molecule has 1 fully saturated rings. The maximum atomic E-state index is 12.2. The molecule has 0 aliphatic heterocycles. The van der Waals surface area contributed by atoms with Crippen LogP contribution in [0.25, 0.3) is 0 Å². The van der Waals surface area contributed by atoms with E-state index in [1.807, 2.05) is 19.9 Å². The largest absolute Gasteiger partial charge is 0.354 e. The van der Waals surface area contributed by atoms with Crippen molar-refractivity contribution in [2.75, 3.05) is 6.54 Å². The number of aryl methyl sites for hydroxylation is 2. The van der Waals surface area contributed by atoms with E-state index < -0.39 is 0 Å². The summed E-state index contributed by atoms with van der Waals surface area (Å²) in [6, 6.07) is 1.88. The van der Waals surface area contributed by atoms with Gasteiger partial charge in [0.15, 0.2) is 0 Å². The minimum atomic E-state index is -0.246. The molecule has 1 aromatic heterocycles. The van der Waals surface area contributed by atoms with Crippen molar-refractivity contribution >= 4 is 5.91 Å². The third-order valence-corrected chi connectivity index (χ3v) is 4.22. The van der Waals surface area contributed by atoms with Crippen molar-refractivity contribution in [3.8, 4) is 0 Å². The van der Waals surface area contributed by atoms with Gasteiger partial charge in [-0.1, -0.05) is 19.8 Å². The van der Waals surface area contributed by atoms with Gasteiger partial charge in [0.25, 0.3) is 0 Å². The standard InChI is InChI=1S/C15H23N3O2/c1-11-10-12(2)18(14(20)17-11)9-8-16-13(19)15(3)6-4-5-7-15/h10H,4-9H2,1-3H3,(H,16,19). The van der Waals surface area contributed by atoms with E-state index in [9.17, 15) is 9.59 Å². The molecule has 0 unspecified atom stereocenters. The molecule has 0 spiro atoms. The van der Waals surface area contributed by atoms with E-state index in [1.54, 1.807) is 11.5 Å². The van der Waals surface area contributed by atoms with Gasteiger partial charge in [-0.15, -0.1) is 0 Å². The smallest absolute Gasteiger partial charge is 0.348 e. The average Bonchev–Trinajstić information content (AvgIpc) is 2.80. The zero-order valence-corrected chi connectivity index (χ0v) is 12.5. The molecular formula is C15H23N3O2. The van der Waals surface area contributed by atoms with Crippen LogP contribution < -0.4 is 11.0 Å². The molecule has 0 radical (unpaired) electrons. The Morgan fingerprint density at radius 2 is 2.05 bits per heavy atom. The van der Waals surface area contributed by atoms with Crippen LogP contribution in [0.3, 0.4) is 0 Å². The lowest BCUT2D eigenvalue weighted by molar-refractivity contribution is -0.129. The normalized spacial score (nSPS) is 17.1. The SMILES string of the molecule is Cc1cc(C)n(CCNC(=O)C2(C)CCCC2)c(=O)n1. The molecule has 1 saturated carbocycles. The van der Waals surface area contributed by atoms with Crippen molar-refractivity contribution in [1.29, 1.82) is 0 Å². The Morgan fingerprint density at radius 3 is 2.65 bits per heavy atom. The van der Waals surface area contributed by atoms with E-state index >= 15 is 0 Å². The first kappa shape index (κ1) is 14.8. The van der Waals surface area contributed by atoms with Gasteiger partial charge in [0.2, 0.25) is 5.91 Å². The molecule has 0 aromatic carbocycles. The molecular weight excluding hydrogens is 254 g/mol. The molecule has 1 aliphatic carbocycles. The van der Waals surface area contributed by atoms with Gasteiger partial charge in [-0.3, -0.25) is 9.36 Å². The number of aromatic nitrogens is 2. The van der Waals surface area contributed by atoms with Crippen LogP contribution in [-0.4, -0.2) is 22.0 Å². The van der Waals surface area contributed by atoms with E-state index in [2.05, 4.69) is 10.3 Å². The van der Waals surface area contributed by atoms with Crippen LogP contribution >= 0.6 is 0 Å². The molecule has 1 amide bonds. The number of carbonyl (C=O) groups excluding carboxylic acids is 1. The van der Waals surface area contributed by atoms with E-state index in [0.29, 0.717) is 13.1 Å². The predicted molar refractivity (Wildman–Crippen MR) is 77.6 cm³/mol. The van der Waals surface area contributed by atoms with Crippen molar-refractivity contribution in [2.24, 2.45) is 5.41 Å². The number of rotatable bonds is 4. The van der Waals surface area contributed by atoms with Crippen LogP contribution in [0.15, 0.2) is 10.9 Å². The van der Waals surface area contributed by atoms with E-state index in [4.69, 9.17) is 0 Å². The molecule has 20 heavy (non-hydrogen) atoms. The number of hydrogen-bond acceptors (Lipinski definition) is 3. The summed E-state index contributed by atoms with van der Waals surface area (Å²) >= 11 is 0. The molecule has 0 bridgehead atoms. The molecule has 1 aromatic rings. The summed E-state index contributed by atoms with van der Waals surface area (Å²) in [5.74, 6) is 0.112. The lowest BCUT2D eigenvalue weighted by atomic mass is 9.88. The van der Waals surface area contributed by atoms with Gasteiger partial charge in [0, 0.05) is 29.9 Å². The van der Waals surface area contributed by atoms with Crippen LogP contribution in [0.1, 0.15) is 44.0 Å². The molecule has 1 heterocycles. The summed E-state index contributed by atoms with van der Waals surface area (Å²) in [6.07, 6.45) is 4.18. The zero-order valence-electron chi connectivity index (χ0n) is 12.5. The lowest BCUT2D eigenvalue weighted by Gasteiger charge is -2.22. The Kier molecular flexibility index (Phi) is 4.26. The maximum Gasteiger partial charge on any atom is 0.348 e. The van der Waals surface area contributed by atoms with Crippen LogP contribution in [-0.2, 0) is 11.3 Å². The second-order valence-electron chi connectivity index (χ2n) is 6.00. The Labute approximate surface area is 119 Å². The summed E-state index contributed by atoms with van der Waals surface area (Å²) in [4.78, 5) is 27.9. The number of carbonyl (C=O) groups is 1. The second kappa shape index (κ2) is 5.77. The van der Waals surface area contributed by atoms with Crippen molar-refractivity contribution in [3.63, 3.8) is 0 Å². The van der Waals surface area contributed by atoms with Crippen LogP contribution in [0.2, 0.25) is 0 Å². The first-order valence-corrected chi connectivity index (χ1v) is 7.26.